The fourth-order valence-corrected chi connectivity index (χ4v) is 0.604. The highest BCUT2D eigenvalue weighted by Crippen LogP contribution is 2.04. The Balaban J connectivity index is 2.63. The Kier molecular flexibility index (Phi) is 1.51. The third-order valence-electron chi connectivity index (χ3n) is 1.22. The van der Waals surface area contributed by atoms with Crippen LogP contribution in [0.1, 0.15) is 6.92 Å². The van der Waals surface area contributed by atoms with Crippen molar-refractivity contribution >= 4 is 6.03 Å². The number of carbonyl (C=O) groups is 1. The van der Waals surface area contributed by atoms with Crippen molar-refractivity contribution in [2.24, 2.45) is 0 Å². The monoisotopic (exact) mass is 147 g/mol. The smallest absolute Gasteiger partial charge is 0.331 e. The molecule has 6 nitrogen and oxygen atoms in total. The first-order valence-electron chi connectivity index (χ1n) is 2.76. The maximum absolute atomic E-state index is 10.5. The average molecular weight is 147 g/mol. The molecule has 1 saturated heterocycles. The molecule has 0 aromatic carbocycles. The lowest BCUT2D eigenvalue weighted by Gasteiger charge is -2.34. The topological polar surface area (TPSA) is 93.6 Å². The summed E-state index contributed by atoms with van der Waals surface area (Å²) in [5.74, 6) is 0. The van der Waals surface area contributed by atoms with Gasteiger partial charge in [-0.3, -0.25) is 5.43 Å². The Bertz CT molecular complexity index is 158. The highest BCUT2D eigenvalue weighted by atomic mass is 16.4. The van der Waals surface area contributed by atoms with Gasteiger partial charge in [0.05, 0.1) is 0 Å². The first kappa shape index (κ1) is 7.26. The molecule has 1 fully saturated rings. The van der Waals surface area contributed by atoms with Crippen molar-refractivity contribution in [3.63, 3.8) is 0 Å². The van der Waals surface area contributed by atoms with E-state index in [1.165, 1.54) is 6.92 Å². The van der Waals surface area contributed by atoms with Crippen molar-refractivity contribution in [1.29, 1.82) is 0 Å². The molecule has 1 rings (SSSR count). The molecule has 1 aliphatic rings. The molecule has 6 heteroatoms. The summed E-state index contributed by atoms with van der Waals surface area (Å²) in [6, 6.07) is -0.574. The molecule has 1 aliphatic heterocycles. The molecule has 0 aliphatic carbocycles. The van der Waals surface area contributed by atoms with Crippen LogP contribution in [0.25, 0.3) is 0 Å². The standard InChI is InChI=1S/C4H9N3O3/c1-4(10)2(8)6-7-3(9)5-4/h2,6,8,10H,1H3,(H2,5,7,9). The van der Waals surface area contributed by atoms with Crippen LogP contribution in [0.5, 0.6) is 0 Å². The van der Waals surface area contributed by atoms with E-state index >= 15 is 0 Å². The summed E-state index contributed by atoms with van der Waals surface area (Å²) in [6.07, 6.45) is -1.20. The maximum atomic E-state index is 10.5. The van der Waals surface area contributed by atoms with Crippen molar-refractivity contribution in [1.82, 2.24) is 16.2 Å². The van der Waals surface area contributed by atoms with Gasteiger partial charge in [-0.2, -0.15) is 0 Å². The van der Waals surface area contributed by atoms with Crippen LogP contribution in [0.2, 0.25) is 0 Å². The number of aliphatic hydroxyl groups excluding tert-OH is 1. The van der Waals surface area contributed by atoms with Gasteiger partial charge in [-0.1, -0.05) is 0 Å². The van der Waals surface area contributed by atoms with Crippen molar-refractivity contribution < 1.29 is 15.0 Å². The maximum Gasteiger partial charge on any atom is 0.331 e. The normalized spacial score (nSPS) is 40.3. The minimum Gasteiger partial charge on any atom is -0.372 e. The zero-order valence-electron chi connectivity index (χ0n) is 5.38. The molecule has 0 saturated carbocycles. The van der Waals surface area contributed by atoms with Gasteiger partial charge in [0.1, 0.15) is 0 Å². The third kappa shape index (κ3) is 1.18. The van der Waals surface area contributed by atoms with Crippen LogP contribution in [-0.4, -0.2) is 28.2 Å². The summed E-state index contributed by atoms with van der Waals surface area (Å²) in [4.78, 5) is 10.5. The number of urea groups is 1. The van der Waals surface area contributed by atoms with Crippen molar-refractivity contribution in [2.45, 2.75) is 18.9 Å². The molecular weight excluding hydrogens is 138 g/mol. The first-order valence-corrected chi connectivity index (χ1v) is 2.76. The fourth-order valence-electron chi connectivity index (χ4n) is 0.604. The van der Waals surface area contributed by atoms with Gasteiger partial charge >= 0.3 is 6.03 Å². The van der Waals surface area contributed by atoms with E-state index in [4.69, 9.17) is 10.2 Å². The largest absolute Gasteiger partial charge is 0.372 e. The molecular formula is C4H9N3O3. The van der Waals surface area contributed by atoms with Gasteiger partial charge in [-0.15, -0.1) is 0 Å². The van der Waals surface area contributed by atoms with E-state index in [-0.39, 0.29) is 0 Å². The minimum absolute atomic E-state index is 0.574. The van der Waals surface area contributed by atoms with Gasteiger partial charge in [-0.05, 0) is 6.92 Å². The number of rotatable bonds is 0. The Morgan fingerprint density at radius 2 is 2.30 bits per heavy atom. The fraction of sp³-hybridized carbons (Fsp3) is 0.750. The van der Waals surface area contributed by atoms with Crippen LogP contribution in [0.3, 0.4) is 0 Å². The van der Waals surface area contributed by atoms with E-state index in [1.54, 1.807) is 0 Å². The summed E-state index contributed by atoms with van der Waals surface area (Å²) in [5, 5.41) is 20.1. The lowest BCUT2D eigenvalue weighted by atomic mass is 10.2. The number of aliphatic hydroxyl groups is 2. The molecule has 2 amide bonds. The third-order valence-corrected chi connectivity index (χ3v) is 1.22. The molecule has 1 heterocycles. The van der Waals surface area contributed by atoms with E-state index in [0.29, 0.717) is 0 Å². The quantitative estimate of drug-likeness (QED) is 0.269. The number of nitrogens with one attached hydrogen (secondary N) is 3. The minimum atomic E-state index is -1.61. The molecule has 0 bridgehead atoms. The predicted octanol–water partition coefficient (Wildman–Crippen LogP) is -2.17. The van der Waals surface area contributed by atoms with Gasteiger partial charge in [0.25, 0.3) is 0 Å². The van der Waals surface area contributed by atoms with Crippen molar-refractivity contribution in [2.75, 3.05) is 0 Å². The lowest BCUT2D eigenvalue weighted by molar-refractivity contribution is -0.108. The Morgan fingerprint density at radius 1 is 1.70 bits per heavy atom. The zero-order valence-corrected chi connectivity index (χ0v) is 5.38. The average Bonchev–Trinajstić information content (AvgIpc) is 1.78. The molecule has 10 heavy (non-hydrogen) atoms. The molecule has 58 valence electrons. The summed E-state index contributed by atoms with van der Waals surface area (Å²) in [6.45, 7) is 1.28. The number of amides is 2. The highest BCUT2D eigenvalue weighted by molar-refractivity contribution is 5.74. The molecule has 2 unspecified atom stereocenters. The molecule has 0 spiro atoms. The van der Waals surface area contributed by atoms with E-state index in [2.05, 4.69) is 16.2 Å². The summed E-state index contributed by atoms with van der Waals surface area (Å²) in [5.41, 5.74) is 2.63. The molecule has 0 radical (unpaired) electrons. The Labute approximate surface area is 57.2 Å². The van der Waals surface area contributed by atoms with Gasteiger partial charge < -0.3 is 15.5 Å². The Morgan fingerprint density at radius 3 is 2.70 bits per heavy atom. The number of hydrazine groups is 1. The van der Waals surface area contributed by atoms with Crippen LogP contribution < -0.4 is 16.2 Å². The van der Waals surface area contributed by atoms with Gasteiger partial charge in [0.2, 0.25) is 0 Å². The van der Waals surface area contributed by atoms with Crippen LogP contribution in [0, 0.1) is 0 Å². The molecule has 2 atom stereocenters. The van der Waals surface area contributed by atoms with Gasteiger partial charge in [0, 0.05) is 0 Å². The SMILES string of the molecule is CC1(O)NC(=O)NNC1O. The summed E-state index contributed by atoms with van der Waals surface area (Å²) in [7, 11) is 0. The number of carbonyl (C=O) groups excluding carboxylic acids is 1. The summed E-state index contributed by atoms with van der Waals surface area (Å²) >= 11 is 0. The second kappa shape index (κ2) is 2.08. The summed E-state index contributed by atoms with van der Waals surface area (Å²) < 4.78 is 0. The van der Waals surface area contributed by atoms with E-state index < -0.39 is 18.0 Å². The van der Waals surface area contributed by atoms with Crippen molar-refractivity contribution in [3.8, 4) is 0 Å². The second-order valence-corrected chi connectivity index (χ2v) is 2.27. The van der Waals surface area contributed by atoms with E-state index in [1.807, 2.05) is 0 Å². The lowest BCUT2D eigenvalue weighted by Crippen LogP contribution is -2.70. The van der Waals surface area contributed by atoms with E-state index in [9.17, 15) is 4.79 Å². The highest BCUT2D eigenvalue weighted by Gasteiger charge is 2.35. The van der Waals surface area contributed by atoms with Crippen LogP contribution in [0.15, 0.2) is 0 Å². The number of hydrogen-bond donors (Lipinski definition) is 5. The molecule has 0 aromatic rings. The zero-order chi connectivity index (χ0) is 7.78. The van der Waals surface area contributed by atoms with Gasteiger partial charge in [-0.25, -0.2) is 10.2 Å². The van der Waals surface area contributed by atoms with Crippen molar-refractivity contribution in [3.05, 3.63) is 0 Å². The molecule has 0 aromatic heterocycles. The Hall–Kier alpha value is -0.850. The van der Waals surface area contributed by atoms with Gasteiger partial charge in [0.15, 0.2) is 12.0 Å². The van der Waals surface area contributed by atoms with Crippen LogP contribution >= 0.6 is 0 Å². The molecule has 5 N–H and O–H groups in total. The second-order valence-electron chi connectivity index (χ2n) is 2.27. The predicted molar refractivity (Wildman–Crippen MR) is 31.4 cm³/mol. The van der Waals surface area contributed by atoms with Crippen LogP contribution in [-0.2, 0) is 0 Å². The van der Waals surface area contributed by atoms with Crippen LogP contribution in [0.4, 0.5) is 4.79 Å². The first-order chi connectivity index (χ1) is 4.52. The number of hydrogen-bond acceptors (Lipinski definition) is 4. The van der Waals surface area contributed by atoms with E-state index in [0.717, 1.165) is 0 Å².